The van der Waals surface area contributed by atoms with Crippen molar-refractivity contribution < 1.29 is 9.84 Å². The van der Waals surface area contributed by atoms with Crippen molar-refractivity contribution in [2.45, 2.75) is 44.8 Å². The summed E-state index contributed by atoms with van der Waals surface area (Å²) in [7, 11) is 0. The van der Waals surface area contributed by atoms with E-state index in [1.54, 1.807) is 18.5 Å². The number of ether oxygens (including phenoxy) is 1. The van der Waals surface area contributed by atoms with Crippen molar-refractivity contribution in [1.82, 2.24) is 19.7 Å². The van der Waals surface area contributed by atoms with E-state index in [4.69, 9.17) is 4.74 Å². The predicted octanol–water partition coefficient (Wildman–Crippen LogP) is 3.19. The molecule has 0 fully saturated rings. The highest BCUT2D eigenvalue weighted by molar-refractivity contribution is 5.76. The van der Waals surface area contributed by atoms with Gasteiger partial charge in [0.05, 0.1) is 29.7 Å². The fourth-order valence-corrected chi connectivity index (χ4v) is 4.18. The fourth-order valence-electron chi connectivity index (χ4n) is 4.18. The molecule has 2 aromatic heterocycles. The van der Waals surface area contributed by atoms with Crippen LogP contribution in [0.1, 0.15) is 38.3 Å². The summed E-state index contributed by atoms with van der Waals surface area (Å²) in [5, 5.41) is 30.5. The van der Waals surface area contributed by atoms with Gasteiger partial charge in [-0.1, -0.05) is 6.92 Å². The molecule has 0 unspecified atom stereocenters. The molecule has 3 aromatic rings. The molecule has 164 valence electrons. The summed E-state index contributed by atoms with van der Waals surface area (Å²) in [6.07, 6.45) is 4.27. The molecule has 0 aliphatic carbocycles. The first-order chi connectivity index (χ1) is 15.3. The van der Waals surface area contributed by atoms with Gasteiger partial charge in [-0.2, -0.15) is 10.4 Å². The number of anilines is 3. The Morgan fingerprint density at radius 1 is 1.34 bits per heavy atom. The average molecular weight is 432 g/mol. The number of fused-ring (bicyclic) bond motifs is 2. The zero-order valence-corrected chi connectivity index (χ0v) is 18.3. The molecule has 2 aliphatic heterocycles. The lowest BCUT2D eigenvalue weighted by Gasteiger charge is -2.31. The molecule has 9 nitrogen and oxygen atoms in total. The third kappa shape index (κ3) is 3.33. The van der Waals surface area contributed by atoms with Crippen molar-refractivity contribution in [1.29, 1.82) is 5.26 Å². The number of benzene rings is 1. The number of hydrogen-bond donors (Lipinski definition) is 3. The molecule has 32 heavy (non-hydrogen) atoms. The van der Waals surface area contributed by atoms with Crippen LogP contribution in [-0.4, -0.2) is 43.6 Å². The van der Waals surface area contributed by atoms with Crippen LogP contribution >= 0.6 is 0 Å². The quantitative estimate of drug-likeness (QED) is 0.576. The van der Waals surface area contributed by atoms with E-state index in [2.05, 4.69) is 45.6 Å². The number of aromatic nitrogens is 4. The molecule has 0 bridgehead atoms. The monoisotopic (exact) mass is 431 g/mol. The number of hydrogen-bond acceptors (Lipinski definition) is 8. The van der Waals surface area contributed by atoms with Crippen molar-refractivity contribution >= 4 is 17.3 Å². The van der Waals surface area contributed by atoms with E-state index < -0.39 is 5.41 Å². The number of nitrogens with zero attached hydrogens (tertiary/aromatic N) is 5. The Morgan fingerprint density at radius 3 is 2.97 bits per heavy atom. The van der Waals surface area contributed by atoms with E-state index in [9.17, 15) is 10.4 Å². The molecule has 0 saturated carbocycles. The summed E-state index contributed by atoms with van der Waals surface area (Å²) in [6, 6.07) is 7.87. The van der Waals surface area contributed by atoms with Crippen molar-refractivity contribution in [3.63, 3.8) is 0 Å². The standard InChI is InChI=1S/C23H25N7O2/c1-22(2)5-7-30-20(32-22)18(11-27-30)29-21-25-6-4-17(28-21)14-8-15(10-24)19-16(9-14)23(3,13-31)12-26-19/h4,6,8-9,11,26,31H,5,7,12-13H2,1-3H3,(H,25,28,29)/t23-/m1/s1. The van der Waals surface area contributed by atoms with Gasteiger partial charge in [0.25, 0.3) is 0 Å². The summed E-state index contributed by atoms with van der Waals surface area (Å²) in [4.78, 5) is 9.02. The Bertz CT molecular complexity index is 1240. The van der Waals surface area contributed by atoms with E-state index in [1.807, 2.05) is 23.7 Å². The highest BCUT2D eigenvalue weighted by Crippen LogP contribution is 2.41. The van der Waals surface area contributed by atoms with Crippen LogP contribution < -0.4 is 15.4 Å². The minimum Gasteiger partial charge on any atom is -0.470 e. The second-order valence-corrected chi connectivity index (χ2v) is 9.22. The number of rotatable bonds is 4. The normalized spacial score (nSPS) is 20.5. The smallest absolute Gasteiger partial charge is 0.236 e. The lowest BCUT2D eigenvalue weighted by Crippen LogP contribution is -2.35. The Labute approximate surface area is 186 Å². The molecule has 9 heteroatoms. The van der Waals surface area contributed by atoms with Crippen LogP contribution in [0.5, 0.6) is 5.88 Å². The maximum absolute atomic E-state index is 9.94. The van der Waals surface area contributed by atoms with Gasteiger partial charge in [-0.3, -0.25) is 0 Å². The molecule has 3 N–H and O–H groups in total. The second kappa shape index (κ2) is 7.21. The average Bonchev–Trinajstić information content (AvgIpc) is 3.33. The van der Waals surface area contributed by atoms with E-state index in [0.29, 0.717) is 35.3 Å². The third-order valence-electron chi connectivity index (χ3n) is 6.20. The van der Waals surface area contributed by atoms with Crippen LogP contribution in [0.25, 0.3) is 11.3 Å². The van der Waals surface area contributed by atoms with Gasteiger partial charge in [-0.15, -0.1) is 0 Å². The summed E-state index contributed by atoms with van der Waals surface area (Å²) in [5.41, 5.74) is 3.70. The Balaban J connectivity index is 1.50. The molecule has 0 spiro atoms. The fraction of sp³-hybridized carbons (Fsp3) is 0.391. The van der Waals surface area contributed by atoms with Gasteiger partial charge in [0, 0.05) is 36.7 Å². The number of aliphatic hydroxyl groups excluding tert-OH is 1. The van der Waals surface area contributed by atoms with Gasteiger partial charge < -0.3 is 20.5 Å². The summed E-state index contributed by atoms with van der Waals surface area (Å²) >= 11 is 0. The topological polar surface area (TPSA) is 121 Å². The molecule has 0 radical (unpaired) electrons. The molecule has 4 heterocycles. The Hall–Kier alpha value is -3.64. The summed E-state index contributed by atoms with van der Waals surface area (Å²) < 4.78 is 7.94. The first kappa shape index (κ1) is 20.3. The Kier molecular flexibility index (Phi) is 4.57. The van der Waals surface area contributed by atoms with Gasteiger partial charge >= 0.3 is 0 Å². The largest absolute Gasteiger partial charge is 0.470 e. The van der Waals surface area contributed by atoms with Crippen molar-refractivity contribution in [2.75, 3.05) is 23.8 Å². The Morgan fingerprint density at radius 2 is 2.19 bits per heavy atom. The van der Waals surface area contributed by atoms with Crippen LogP contribution in [0.3, 0.4) is 0 Å². The maximum atomic E-state index is 9.94. The van der Waals surface area contributed by atoms with Gasteiger partial charge in [0.15, 0.2) is 0 Å². The zero-order chi connectivity index (χ0) is 22.5. The number of nitriles is 1. The van der Waals surface area contributed by atoms with E-state index in [-0.39, 0.29) is 12.2 Å². The minimum absolute atomic E-state index is 0.0129. The first-order valence-corrected chi connectivity index (χ1v) is 10.6. The predicted molar refractivity (Wildman–Crippen MR) is 120 cm³/mol. The number of aryl methyl sites for hydroxylation is 1. The highest BCUT2D eigenvalue weighted by atomic mass is 16.5. The second-order valence-electron chi connectivity index (χ2n) is 9.22. The van der Waals surface area contributed by atoms with E-state index >= 15 is 0 Å². The van der Waals surface area contributed by atoms with Gasteiger partial charge in [0.1, 0.15) is 17.4 Å². The summed E-state index contributed by atoms with van der Waals surface area (Å²) in [5.74, 6) is 1.08. The highest BCUT2D eigenvalue weighted by Gasteiger charge is 2.36. The zero-order valence-electron chi connectivity index (χ0n) is 18.3. The van der Waals surface area contributed by atoms with Gasteiger partial charge in [0.2, 0.25) is 11.8 Å². The first-order valence-electron chi connectivity index (χ1n) is 10.6. The molecule has 0 amide bonds. The van der Waals surface area contributed by atoms with Crippen LogP contribution in [0.4, 0.5) is 17.3 Å². The third-order valence-corrected chi connectivity index (χ3v) is 6.20. The number of nitrogens with one attached hydrogen (secondary N) is 2. The van der Waals surface area contributed by atoms with E-state index in [1.165, 1.54) is 0 Å². The molecule has 2 aliphatic rings. The van der Waals surface area contributed by atoms with Crippen molar-refractivity contribution in [2.24, 2.45) is 0 Å². The maximum Gasteiger partial charge on any atom is 0.236 e. The summed E-state index contributed by atoms with van der Waals surface area (Å²) in [6.45, 7) is 7.45. The molecule has 1 aromatic carbocycles. The van der Waals surface area contributed by atoms with E-state index in [0.717, 1.165) is 29.8 Å². The van der Waals surface area contributed by atoms with Crippen LogP contribution in [0.15, 0.2) is 30.6 Å². The SMILES string of the molecule is CC1(C)CCn2ncc(Nc3nccc(-c4cc(C#N)c5c(c4)[C@@](C)(CO)CN5)n3)c2O1. The number of aliphatic hydroxyl groups is 1. The van der Waals surface area contributed by atoms with Gasteiger partial charge in [-0.25, -0.2) is 14.6 Å². The van der Waals surface area contributed by atoms with Gasteiger partial charge in [-0.05, 0) is 37.6 Å². The lowest BCUT2D eigenvalue weighted by atomic mass is 9.83. The van der Waals surface area contributed by atoms with Crippen molar-refractivity contribution in [3.8, 4) is 23.2 Å². The molecular weight excluding hydrogens is 406 g/mol. The molecular formula is C23H25N7O2. The minimum atomic E-state index is -0.452. The van der Waals surface area contributed by atoms with Crippen LogP contribution in [0, 0.1) is 11.3 Å². The molecule has 0 saturated heterocycles. The lowest BCUT2D eigenvalue weighted by molar-refractivity contribution is 0.0544. The van der Waals surface area contributed by atoms with Crippen LogP contribution in [0.2, 0.25) is 0 Å². The van der Waals surface area contributed by atoms with Crippen LogP contribution in [-0.2, 0) is 12.0 Å². The van der Waals surface area contributed by atoms with Crippen molar-refractivity contribution in [3.05, 3.63) is 41.7 Å². The molecule has 1 atom stereocenters. The molecule has 5 rings (SSSR count).